The maximum absolute atomic E-state index is 10.6. The summed E-state index contributed by atoms with van der Waals surface area (Å²) in [5.41, 5.74) is 3.48. The monoisotopic (exact) mass is 248 g/mol. The first kappa shape index (κ1) is 11.7. The number of thiazole rings is 1. The predicted octanol–water partition coefficient (Wildman–Crippen LogP) is 2.45. The van der Waals surface area contributed by atoms with Gasteiger partial charge in [-0.05, 0) is 26.0 Å². The molecule has 2 rings (SSSR count). The number of carboxylic acids is 1. The summed E-state index contributed by atoms with van der Waals surface area (Å²) in [6.07, 6.45) is -0.0282. The van der Waals surface area contributed by atoms with Crippen LogP contribution < -0.4 is 0 Å². The number of nitrogens with zero attached hydrogens (tertiary/aromatic N) is 2. The molecule has 88 valence electrons. The number of aliphatic carboxylic acids is 1. The highest BCUT2D eigenvalue weighted by Gasteiger charge is 2.08. The summed E-state index contributed by atoms with van der Waals surface area (Å²) in [7, 11) is 0. The van der Waals surface area contributed by atoms with Crippen molar-refractivity contribution in [2.75, 3.05) is 0 Å². The van der Waals surface area contributed by atoms with Crippen LogP contribution in [0.2, 0.25) is 0 Å². The normalized spacial score (nSPS) is 10.5. The molecule has 0 aromatic carbocycles. The molecule has 0 unspecified atom stereocenters. The first-order chi connectivity index (χ1) is 8.04. The molecular formula is C12H12N2O2S. The quantitative estimate of drug-likeness (QED) is 0.906. The highest BCUT2D eigenvalue weighted by molar-refractivity contribution is 7.13. The van der Waals surface area contributed by atoms with E-state index in [1.807, 2.05) is 26.0 Å². The van der Waals surface area contributed by atoms with E-state index in [2.05, 4.69) is 9.97 Å². The molecule has 0 atom stereocenters. The Hall–Kier alpha value is -1.75. The number of carboxylic acid groups (broad SMARTS) is 1. The fraction of sp³-hybridized carbons (Fsp3) is 0.250. The molecule has 2 aromatic heterocycles. The summed E-state index contributed by atoms with van der Waals surface area (Å²) in [5, 5.41) is 11.3. The van der Waals surface area contributed by atoms with Crippen molar-refractivity contribution in [2.45, 2.75) is 20.3 Å². The van der Waals surface area contributed by atoms with Gasteiger partial charge in [0.15, 0.2) is 0 Å². The van der Waals surface area contributed by atoms with Gasteiger partial charge in [-0.2, -0.15) is 0 Å². The van der Waals surface area contributed by atoms with Gasteiger partial charge < -0.3 is 5.11 Å². The Morgan fingerprint density at radius 2 is 1.94 bits per heavy atom. The molecule has 0 radical (unpaired) electrons. The molecule has 4 nitrogen and oxygen atoms in total. The van der Waals surface area contributed by atoms with Crippen LogP contribution in [-0.2, 0) is 11.2 Å². The molecule has 0 aliphatic heterocycles. The number of carbonyl (C=O) groups is 1. The van der Waals surface area contributed by atoms with Crippen LogP contribution in [0.4, 0.5) is 0 Å². The number of hydrogen-bond donors (Lipinski definition) is 1. The molecule has 0 saturated heterocycles. The molecule has 5 heteroatoms. The second kappa shape index (κ2) is 4.63. The third kappa shape index (κ3) is 2.88. The summed E-state index contributed by atoms with van der Waals surface area (Å²) < 4.78 is 0. The Kier molecular flexibility index (Phi) is 3.19. The van der Waals surface area contributed by atoms with Crippen LogP contribution >= 0.6 is 11.3 Å². The van der Waals surface area contributed by atoms with E-state index in [-0.39, 0.29) is 6.42 Å². The number of pyridine rings is 1. The minimum absolute atomic E-state index is 0.0282. The van der Waals surface area contributed by atoms with E-state index < -0.39 is 5.97 Å². The number of hydrogen-bond acceptors (Lipinski definition) is 4. The zero-order chi connectivity index (χ0) is 12.4. The molecule has 0 aliphatic carbocycles. The highest BCUT2D eigenvalue weighted by atomic mass is 32.1. The van der Waals surface area contributed by atoms with Crippen molar-refractivity contribution in [3.8, 4) is 10.6 Å². The van der Waals surface area contributed by atoms with Crippen molar-refractivity contribution >= 4 is 17.3 Å². The standard InChI is InChI=1S/C12H12N2O2S/c1-7-3-9(4-8(2)13-7)12-14-10(6-17-12)5-11(15)16/h3-4,6H,5H2,1-2H3,(H,15,16). The maximum atomic E-state index is 10.6. The van der Waals surface area contributed by atoms with Gasteiger partial charge in [-0.15, -0.1) is 11.3 Å². The Morgan fingerprint density at radius 3 is 2.53 bits per heavy atom. The lowest BCUT2D eigenvalue weighted by molar-refractivity contribution is -0.136. The zero-order valence-electron chi connectivity index (χ0n) is 9.60. The van der Waals surface area contributed by atoms with Crippen LogP contribution in [0.25, 0.3) is 10.6 Å². The van der Waals surface area contributed by atoms with Gasteiger partial charge in [-0.25, -0.2) is 4.98 Å². The van der Waals surface area contributed by atoms with Crippen LogP contribution in [0, 0.1) is 13.8 Å². The van der Waals surface area contributed by atoms with E-state index in [1.54, 1.807) is 5.38 Å². The lowest BCUT2D eigenvalue weighted by Gasteiger charge is -2.00. The number of aromatic nitrogens is 2. The molecule has 0 fully saturated rings. The van der Waals surface area contributed by atoms with Gasteiger partial charge in [-0.3, -0.25) is 9.78 Å². The van der Waals surface area contributed by atoms with Gasteiger partial charge >= 0.3 is 5.97 Å². The lowest BCUT2D eigenvalue weighted by atomic mass is 10.2. The van der Waals surface area contributed by atoms with Gasteiger partial charge in [0.05, 0.1) is 12.1 Å². The predicted molar refractivity (Wildman–Crippen MR) is 66.2 cm³/mol. The van der Waals surface area contributed by atoms with Gasteiger partial charge in [-0.1, -0.05) is 0 Å². The van der Waals surface area contributed by atoms with E-state index in [1.165, 1.54) is 11.3 Å². The topological polar surface area (TPSA) is 63.1 Å². The molecule has 0 amide bonds. The lowest BCUT2D eigenvalue weighted by Crippen LogP contribution is -1.99. The van der Waals surface area contributed by atoms with Gasteiger partial charge in [0.1, 0.15) is 5.01 Å². The van der Waals surface area contributed by atoms with E-state index >= 15 is 0 Å². The van der Waals surface area contributed by atoms with Crippen LogP contribution in [0.5, 0.6) is 0 Å². The summed E-state index contributed by atoms with van der Waals surface area (Å²) in [6, 6.07) is 3.91. The summed E-state index contributed by atoms with van der Waals surface area (Å²) in [5.74, 6) is -0.857. The molecule has 2 aromatic rings. The average Bonchev–Trinajstić information content (AvgIpc) is 2.63. The zero-order valence-corrected chi connectivity index (χ0v) is 10.4. The van der Waals surface area contributed by atoms with Gasteiger partial charge in [0, 0.05) is 22.3 Å². The molecule has 0 aliphatic rings. The van der Waals surface area contributed by atoms with Crippen LogP contribution in [0.15, 0.2) is 17.5 Å². The van der Waals surface area contributed by atoms with Crippen molar-refractivity contribution in [2.24, 2.45) is 0 Å². The van der Waals surface area contributed by atoms with Crippen LogP contribution in [0.3, 0.4) is 0 Å². The van der Waals surface area contributed by atoms with Crippen molar-refractivity contribution in [1.29, 1.82) is 0 Å². The van der Waals surface area contributed by atoms with Crippen molar-refractivity contribution in [3.05, 3.63) is 34.6 Å². The molecule has 0 saturated carbocycles. The van der Waals surface area contributed by atoms with E-state index in [0.29, 0.717) is 5.69 Å². The SMILES string of the molecule is Cc1cc(-c2nc(CC(=O)O)cs2)cc(C)n1. The van der Waals surface area contributed by atoms with Gasteiger partial charge in [0.25, 0.3) is 0 Å². The molecular weight excluding hydrogens is 236 g/mol. The smallest absolute Gasteiger partial charge is 0.309 e. The Bertz CT molecular complexity index is 543. The maximum Gasteiger partial charge on any atom is 0.309 e. The fourth-order valence-corrected chi connectivity index (χ4v) is 2.44. The molecule has 17 heavy (non-hydrogen) atoms. The largest absolute Gasteiger partial charge is 0.481 e. The Balaban J connectivity index is 2.33. The van der Waals surface area contributed by atoms with E-state index in [4.69, 9.17) is 5.11 Å². The minimum atomic E-state index is -0.857. The Morgan fingerprint density at radius 1 is 1.29 bits per heavy atom. The molecule has 0 spiro atoms. The van der Waals surface area contributed by atoms with Crippen molar-refractivity contribution in [3.63, 3.8) is 0 Å². The summed E-state index contributed by atoms with van der Waals surface area (Å²) in [4.78, 5) is 19.2. The van der Waals surface area contributed by atoms with Gasteiger partial charge in [0.2, 0.25) is 0 Å². The van der Waals surface area contributed by atoms with E-state index in [9.17, 15) is 4.79 Å². The second-order valence-corrected chi connectivity index (χ2v) is 4.71. The van der Waals surface area contributed by atoms with Crippen molar-refractivity contribution in [1.82, 2.24) is 9.97 Å². The third-order valence-corrected chi connectivity index (χ3v) is 3.15. The van der Waals surface area contributed by atoms with Crippen LogP contribution in [-0.4, -0.2) is 21.0 Å². The summed E-state index contributed by atoms with van der Waals surface area (Å²) in [6.45, 7) is 3.87. The molecule has 2 heterocycles. The number of rotatable bonds is 3. The minimum Gasteiger partial charge on any atom is -0.481 e. The number of aryl methyl sites for hydroxylation is 2. The second-order valence-electron chi connectivity index (χ2n) is 3.85. The third-order valence-electron chi connectivity index (χ3n) is 2.21. The first-order valence-electron chi connectivity index (χ1n) is 5.16. The van der Waals surface area contributed by atoms with Crippen LogP contribution in [0.1, 0.15) is 17.1 Å². The highest BCUT2D eigenvalue weighted by Crippen LogP contribution is 2.24. The average molecular weight is 248 g/mol. The van der Waals surface area contributed by atoms with Crippen molar-refractivity contribution < 1.29 is 9.90 Å². The first-order valence-corrected chi connectivity index (χ1v) is 6.04. The Labute approximate surface area is 103 Å². The molecule has 1 N–H and O–H groups in total. The molecule has 0 bridgehead atoms. The van der Waals surface area contributed by atoms with E-state index in [0.717, 1.165) is 22.0 Å². The fourth-order valence-electron chi connectivity index (χ4n) is 1.63. The summed E-state index contributed by atoms with van der Waals surface area (Å²) >= 11 is 1.46.